The molecule has 0 aliphatic carbocycles. The van der Waals surface area contributed by atoms with Crippen LogP contribution in [0.4, 0.5) is 21.5 Å². The lowest BCUT2D eigenvalue weighted by Gasteiger charge is -2.08. The summed E-state index contributed by atoms with van der Waals surface area (Å²) in [6.45, 7) is 0.497. The van der Waals surface area contributed by atoms with Gasteiger partial charge in [0.05, 0.1) is 23.3 Å². The lowest BCUT2D eigenvalue weighted by atomic mass is 10.1. The van der Waals surface area contributed by atoms with Crippen LogP contribution in [0, 0.1) is 5.82 Å². The average Bonchev–Trinajstić information content (AvgIpc) is 3.22. The van der Waals surface area contributed by atoms with E-state index in [4.69, 9.17) is 5.73 Å². The molecule has 3 amide bonds. The van der Waals surface area contributed by atoms with Crippen LogP contribution >= 0.6 is 0 Å². The van der Waals surface area contributed by atoms with Crippen LogP contribution in [0.25, 0.3) is 0 Å². The van der Waals surface area contributed by atoms with Gasteiger partial charge >= 0.3 is 0 Å². The molecule has 0 unspecified atom stereocenters. The van der Waals surface area contributed by atoms with Gasteiger partial charge in [-0.3, -0.25) is 14.4 Å². The summed E-state index contributed by atoms with van der Waals surface area (Å²) in [6.07, 6.45) is 4.07. The number of hydrogen-bond donors (Lipinski definition) is 4. The monoisotopic (exact) mass is 514 g/mol. The molecule has 0 saturated carbocycles. The van der Waals surface area contributed by atoms with Crippen LogP contribution in [0.1, 0.15) is 47.2 Å². The number of fused-ring (bicyclic) bond motifs is 1. The fourth-order valence-corrected chi connectivity index (χ4v) is 3.81. The molecule has 0 spiro atoms. The van der Waals surface area contributed by atoms with Gasteiger partial charge in [0.15, 0.2) is 5.71 Å². The Hall–Kier alpha value is -4.86. The molecule has 10 heteroatoms. The van der Waals surface area contributed by atoms with Crippen LogP contribution in [0.5, 0.6) is 0 Å². The van der Waals surface area contributed by atoms with Gasteiger partial charge in [0.2, 0.25) is 5.91 Å². The number of para-hydroxylation sites is 2. The molecule has 0 bridgehead atoms. The smallest absolute Gasteiger partial charge is 0.276 e. The molecule has 0 aromatic heterocycles. The van der Waals surface area contributed by atoms with Crippen molar-refractivity contribution in [3.63, 3.8) is 0 Å². The number of nitrogens with two attached hydrogens (primary N) is 1. The Kier molecular flexibility index (Phi) is 8.55. The zero-order chi connectivity index (χ0) is 26.9. The van der Waals surface area contributed by atoms with Gasteiger partial charge in [0.1, 0.15) is 5.82 Å². The highest BCUT2D eigenvalue weighted by Crippen LogP contribution is 2.24. The minimum absolute atomic E-state index is 0.0354. The quantitative estimate of drug-likeness (QED) is 0.140. The molecule has 5 N–H and O–H groups in total. The number of nitrogens with zero attached hydrogens (tertiary/aromatic N) is 2. The van der Waals surface area contributed by atoms with Crippen LogP contribution in [0.2, 0.25) is 0 Å². The Morgan fingerprint density at radius 1 is 1.00 bits per heavy atom. The SMILES string of the molecule is Nc1ccccc1NC(=O)CCCCCNC(=O)c1ccc(/C=N/N=C2\C(=O)Nc3ccc(F)cc32)cc1. The molecular weight excluding hydrogens is 487 g/mol. The van der Waals surface area contributed by atoms with Crippen molar-refractivity contribution in [1.82, 2.24) is 5.32 Å². The summed E-state index contributed by atoms with van der Waals surface area (Å²) in [5, 5.41) is 16.2. The van der Waals surface area contributed by atoms with Gasteiger partial charge < -0.3 is 21.7 Å². The van der Waals surface area contributed by atoms with Crippen molar-refractivity contribution in [2.24, 2.45) is 10.2 Å². The zero-order valence-corrected chi connectivity index (χ0v) is 20.5. The Morgan fingerprint density at radius 2 is 1.79 bits per heavy atom. The molecule has 0 saturated heterocycles. The van der Waals surface area contributed by atoms with E-state index in [9.17, 15) is 18.8 Å². The minimum Gasteiger partial charge on any atom is -0.397 e. The van der Waals surface area contributed by atoms with Crippen molar-refractivity contribution < 1.29 is 18.8 Å². The van der Waals surface area contributed by atoms with Crippen LogP contribution in [0.3, 0.4) is 0 Å². The third-order valence-corrected chi connectivity index (χ3v) is 5.84. The number of halogens is 1. The maximum Gasteiger partial charge on any atom is 0.276 e. The second-order valence-corrected chi connectivity index (χ2v) is 8.66. The summed E-state index contributed by atoms with van der Waals surface area (Å²) in [5.74, 6) is -1.21. The van der Waals surface area contributed by atoms with Gasteiger partial charge in [-0.05, 0) is 60.9 Å². The van der Waals surface area contributed by atoms with E-state index in [1.165, 1.54) is 24.4 Å². The van der Waals surface area contributed by atoms with Crippen LogP contribution in [-0.4, -0.2) is 36.2 Å². The van der Waals surface area contributed by atoms with Gasteiger partial charge in [-0.15, -0.1) is 5.10 Å². The van der Waals surface area contributed by atoms with Crippen molar-refractivity contribution in [2.75, 3.05) is 22.9 Å². The van der Waals surface area contributed by atoms with Gasteiger partial charge in [0.25, 0.3) is 11.8 Å². The Balaban J connectivity index is 1.18. The van der Waals surface area contributed by atoms with Gasteiger partial charge in [-0.25, -0.2) is 4.39 Å². The third-order valence-electron chi connectivity index (χ3n) is 5.84. The molecule has 1 aliphatic rings. The van der Waals surface area contributed by atoms with Crippen molar-refractivity contribution in [2.45, 2.75) is 25.7 Å². The number of nitrogens with one attached hydrogen (secondary N) is 3. The number of amides is 3. The normalized spacial score (nSPS) is 13.4. The summed E-state index contributed by atoms with van der Waals surface area (Å²) in [5.41, 5.74) is 9.02. The minimum atomic E-state index is -0.469. The maximum absolute atomic E-state index is 13.5. The van der Waals surface area contributed by atoms with Crippen LogP contribution in [-0.2, 0) is 9.59 Å². The number of benzene rings is 3. The number of unbranched alkanes of at least 4 members (excludes halogenated alkanes) is 2. The summed E-state index contributed by atoms with van der Waals surface area (Å²) in [7, 11) is 0. The lowest BCUT2D eigenvalue weighted by Crippen LogP contribution is -2.24. The van der Waals surface area contributed by atoms with E-state index in [0.717, 1.165) is 12.8 Å². The van der Waals surface area contributed by atoms with E-state index in [2.05, 4.69) is 26.2 Å². The Morgan fingerprint density at radius 3 is 2.58 bits per heavy atom. The molecular formula is C28H27FN6O3. The fraction of sp³-hybridized carbons (Fsp3) is 0.179. The molecule has 9 nitrogen and oxygen atoms in total. The van der Waals surface area contributed by atoms with Gasteiger partial charge in [-0.1, -0.05) is 30.7 Å². The molecule has 1 aliphatic heterocycles. The molecule has 38 heavy (non-hydrogen) atoms. The summed E-state index contributed by atoms with van der Waals surface area (Å²) < 4.78 is 13.5. The summed E-state index contributed by atoms with van der Waals surface area (Å²) in [6, 6.07) is 17.8. The van der Waals surface area contributed by atoms with E-state index in [-0.39, 0.29) is 17.5 Å². The number of anilines is 3. The molecule has 3 aromatic rings. The number of rotatable bonds is 10. The first-order chi connectivity index (χ1) is 18.4. The molecule has 1 heterocycles. The second kappa shape index (κ2) is 12.4. The summed E-state index contributed by atoms with van der Waals surface area (Å²) >= 11 is 0. The first-order valence-electron chi connectivity index (χ1n) is 12.2. The van der Waals surface area contributed by atoms with E-state index >= 15 is 0 Å². The van der Waals surface area contributed by atoms with E-state index in [0.29, 0.717) is 53.1 Å². The fourth-order valence-electron chi connectivity index (χ4n) is 3.81. The highest BCUT2D eigenvalue weighted by atomic mass is 19.1. The van der Waals surface area contributed by atoms with Crippen LogP contribution < -0.4 is 21.7 Å². The highest BCUT2D eigenvalue weighted by Gasteiger charge is 2.26. The second-order valence-electron chi connectivity index (χ2n) is 8.66. The molecule has 3 aromatic carbocycles. The lowest BCUT2D eigenvalue weighted by molar-refractivity contribution is -0.116. The standard InChI is InChI=1S/C28H27FN6O3/c29-20-13-14-23-21(16-20)26(28(38)34-23)35-32-17-18-9-11-19(12-10-18)27(37)31-15-5-1-2-8-25(36)33-24-7-4-3-6-22(24)30/h3-4,6-7,9-14,16-17H,1-2,5,8,15,30H2,(H,31,37)(H,33,36)(H,34,35,38)/b32-17+. The topological polar surface area (TPSA) is 138 Å². The van der Waals surface area contributed by atoms with Crippen molar-refractivity contribution in [3.8, 4) is 0 Å². The highest BCUT2D eigenvalue weighted by molar-refractivity contribution is 6.53. The van der Waals surface area contributed by atoms with Crippen LogP contribution in [0.15, 0.2) is 76.9 Å². The number of nitrogen functional groups attached to an aromatic ring is 1. The summed E-state index contributed by atoms with van der Waals surface area (Å²) in [4.78, 5) is 36.5. The van der Waals surface area contributed by atoms with E-state index < -0.39 is 11.7 Å². The van der Waals surface area contributed by atoms with E-state index in [1.807, 2.05) is 12.1 Å². The first-order valence-corrected chi connectivity index (χ1v) is 12.2. The van der Waals surface area contributed by atoms with E-state index in [1.54, 1.807) is 36.4 Å². The van der Waals surface area contributed by atoms with Gasteiger partial charge in [0, 0.05) is 24.1 Å². The van der Waals surface area contributed by atoms with Crippen molar-refractivity contribution in [3.05, 3.63) is 89.2 Å². The number of carbonyl (C=O) groups excluding carboxylic acids is 3. The number of carbonyl (C=O) groups is 3. The third kappa shape index (κ3) is 6.88. The van der Waals surface area contributed by atoms with Crippen molar-refractivity contribution in [1.29, 1.82) is 0 Å². The largest absolute Gasteiger partial charge is 0.397 e. The predicted octanol–water partition coefficient (Wildman–Crippen LogP) is 4.11. The maximum atomic E-state index is 13.5. The van der Waals surface area contributed by atoms with Crippen molar-refractivity contribution >= 4 is 46.7 Å². The Bertz CT molecular complexity index is 1400. The molecule has 0 radical (unpaired) electrons. The molecule has 4 rings (SSSR count). The average molecular weight is 515 g/mol. The van der Waals surface area contributed by atoms with Gasteiger partial charge in [-0.2, -0.15) is 5.10 Å². The molecule has 194 valence electrons. The first kappa shape index (κ1) is 26.2. The predicted molar refractivity (Wildman–Crippen MR) is 146 cm³/mol. The Labute approximate surface area is 219 Å². The molecule has 0 atom stereocenters. The zero-order valence-electron chi connectivity index (χ0n) is 20.5. The molecule has 0 fully saturated rings. The number of hydrogen-bond acceptors (Lipinski definition) is 6.